The first-order chi connectivity index (χ1) is 5.70. The van der Waals surface area contributed by atoms with Crippen LogP contribution in [0.1, 0.15) is 5.56 Å². The lowest BCUT2D eigenvalue weighted by Gasteiger charge is -1.98. The summed E-state index contributed by atoms with van der Waals surface area (Å²) in [7, 11) is 0. The molecule has 0 saturated carbocycles. The molecule has 0 aliphatic carbocycles. The molecule has 2 aromatic rings. The molecule has 0 amide bonds. The summed E-state index contributed by atoms with van der Waals surface area (Å²) in [6.45, 7) is 2.15. The first-order valence-corrected chi connectivity index (χ1v) is 6.27. The van der Waals surface area contributed by atoms with Gasteiger partial charge in [-0.05, 0) is 41.1 Å². The summed E-state index contributed by atoms with van der Waals surface area (Å²) in [5.74, 6) is 0. The van der Waals surface area contributed by atoms with Gasteiger partial charge in [0, 0.05) is 23.5 Å². The van der Waals surface area contributed by atoms with Gasteiger partial charge in [0.1, 0.15) is 0 Å². The topological polar surface area (TPSA) is 0 Å². The maximum Gasteiger partial charge on any atom is 0.0394 e. The largest absolute Gasteiger partial charge is 0.142 e. The minimum Gasteiger partial charge on any atom is -0.142 e. The number of thiophene rings is 1. The Labute approximate surface area is 97.2 Å². The van der Waals surface area contributed by atoms with Crippen LogP contribution in [0, 0.1) is 10.5 Å². The molecule has 62 valence electrons. The summed E-state index contributed by atoms with van der Waals surface area (Å²) in [4.78, 5) is 0. The fourth-order valence-corrected chi connectivity index (χ4v) is 4.31. The quantitative estimate of drug-likeness (QED) is 0.609. The van der Waals surface area contributed by atoms with E-state index >= 15 is 0 Å². The molecule has 1 aromatic heterocycles. The van der Waals surface area contributed by atoms with Crippen LogP contribution in [0.2, 0.25) is 0 Å². The molecule has 2 rings (SSSR count). The van der Waals surface area contributed by atoms with Gasteiger partial charge in [0.2, 0.25) is 0 Å². The number of benzene rings is 1. The van der Waals surface area contributed by atoms with Gasteiger partial charge in [0.05, 0.1) is 0 Å². The van der Waals surface area contributed by atoms with Crippen molar-refractivity contribution in [2.45, 2.75) is 6.92 Å². The van der Waals surface area contributed by atoms with Gasteiger partial charge in [-0.2, -0.15) is 0 Å². The van der Waals surface area contributed by atoms with Gasteiger partial charge in [-0.25, -0.2) is 0 Å². The molecule has 12 heavy (non-hydrogen) atoms. The molecule has 0 bridgehead atoms. The molecule has 3 heteroatoms. The Kier molecular flexibility index (Phi) is 2.44. The zero-order valence-electron chi connectivity index (χ0n) is 6.40. The second-order valence-corrected chi connectivity index (χ2v) is 5.55. The van der Waals surface area contributed by atoms with E-state index in [0.717, 1.165) is 0 Å². The number of aryl methyl sites for hydroxylation is 1. The number of halogens is 2. The lowest BCUT2D eigenvalue weighted by Crippen LogP contribution is -1.74. The average Bonchev–Trinajstić information content (AvgIpc) is 2.42. The predicted octanol–water partition coefficient (Wildman–Crippen LogP) is 4.58. The minimum atomic E-state index is 1.20. The molecule has 0 aliphatic rings. The van der Waals surface area contributed by atoms with Gasteiger partial charge in [0.25, 0.3) is 0 Å². The zero-order chi connectivity index (χ0) is 8.72. The average molecular weight is 353 g/mol. The zero-order valence-corrected chi connectivity index (χ0v) is 11.0. The highest BCUT2D eigenvalue weighted by Crippen LogP contribution is 2.35. The highest BCUT2D eigenvalue weighted by Gasteiger charge is 2.06. The number of rotatable bonds is 0. The SMILES string of the molecule is Cc1ccc(Br)c2c(I)csc12. The molecule has 0 nitrogen and oxygen atoms in total. The van der Waals surface area contributed by atoms with Crippen molar-refractivity contribution in [3.05, 3.63) is 31.1 Å². The molecular weight excluding hydrogens is 347 g/mol. The van der Waals surface area contributed by atoms with Gasteiger partial charge in [-0.3, -0.25) is 0 Å². The van der Waals surface area contributed by atoms with Crippen LogP contribution in [0.4, 0.5) is 0 Å². The standard InChI is InChI=1S/C9H6BrIS/c1-5-2-3-6(10)8-7(11)4-12-9(5)8/h2-4H,1H3. The van der Waals surface area contributed by atoms with E-state index in [1.165, 1.54) is 23.7 Å². The van der Waals surface area contributed by atoms with Gasteiger partial charge >= 0.3 is 0 Å². The molecular formula is C9H6BrIS. The molecule has 0 fully saturated rings. The summed E-state index contributed by atoms with van der Waals surface area (Å²) >= 11 is 7.76. The van der Waals surface area contributed by atoms with E-state index in [2.05, 4.69) is 63.0 Å². The van der Waals surface area contributed by atoms with Crippen LogP contribution in [-0.2, 0) is 0 Å². The third-order valence-electron chi connectivity index (χ3n) is 1.82. The number of fused-ring (bicyclic) bond motifs is 1. The molecule has 1 aromatic carbocycles. The van der Waals surface area contributed by atoms with Crippen molar-refractivity contribution in [1.29, 1.82) is 0 Å². The van der Waals surface area contributed by atoms with Gasteiger partial charge in [-0.1, -0.05) is 22.0 Å². The van der Waals surface area contributed by atoms with E-state index < -0.39 is 0 Å². The van der Waals surface area contributed by atoms with Crippen LogP contribution in [-0.4, -0.2) is 0 Å². The van der Waals surface area contributed by atoms with Crippen LogP contribution < -0.4 is 0 Å². The first-order valence-electron chi connectivity index (χ1n) is 3.52. The van der Waals surface area contributed by atoms with Crippen molar-refractivity contribution < 1.29 is 0 Å². The van der Waals surface area contributed by atoms with Crippen LogP contribution >= 0.6 is 49.9 Å². The monoisotopic (exact) mass is 352 g/mol. The lowest BCUT2D eigenvalue weighted by atomic mass is 10.2. The highest BCUT2D eigenvalue weighted by atomic mass is 127. The predicted molar refractivity (Wildman–Crippen MR) is 67.0 cm³/mol. The molecule has 0 unspecified atom stereocenters. The van der Waals surface area contributed by atoms with Crippen molar-refractivity contribution >= 4 is 59.9 Å². The van der Waals surface area contributed by atoms with E-state index in [1.54, 1.807) is 0 Å². The smallest absolute Gasteiger partial charge is 0.0394 e. The maximum atomic E-state index is 3.56. The number of hydrogen-bond donors (Lipinski definition) is 0. The Hall–Kier alpha value is 0.390. The van der Waals surface area contributed by atoms with Crippen LogP contribution in [0.3, 0.4) is 0 Å². The Bertz CT molecular complexity index is 433. The van der Waals surface area contributed by atoms with E-state index in [-0.39, 0.29) is 0 Å². The van der Waals surface area contributed by atoms with Gasteiger partial charge < -0.3 is 0 Å². The van der Waals surface area contributed by atoms with Crippen molar-refractivity contribution in [3.8, 4) is 0 Å². The molecule has 0 spiro atoms. The van der Waals surface area contributed by atoms with Gasteiger partial charge in [-0.15, -0.1) is 11.3 Å². The maximum absolute atomic E-state index is 3.56. The Morgan fingerprint density at radius 3 is 2.83 bits per heavy atom. The lowest BCUT2D eigenvalue weighted by molar-refractivity contribution is 1.54. The third kappa shape index (κ3) is 1.32. The van der Waals surface area contributed by atoms with Crippen molar-refractivity contribution in [2.75, 3.05) is 0 Å². The fourth-order valence-electron chi connectivity index (χ4n) is 1.21. The summed E-state index contributed by atoms with van der Waals surface area (Å²) in [5.41, 5.74) is 1.36. The minimum absolute atomic E-state index is 1.20. The third-order valence-corrected chi connectivity index (χ3v) is 4.87. The van der Waals surface area contributed by atoms with E-state index in [4.69, 9.17) is 0 Å². The van der Waals surface area contributed by atoms with E-state index in [0.29, 0.717) is 0 Å². The second kappa shape index (κ2) is 3.27. The van der Waals surface area contributed by atoms with Gasteiger partial charge in [0.15, 0.2) is 0 Å². The fraction of sp³-hybridized carbons (Fsp3) is 0.111. The second-order valence-electron chi connectivity index (χ2n) is 2.65. The van der Waals surface area contributed by atoms with Crippen molar-refractivity contribution in [2.24, 2.45) is 0 Å². The molecule has 1 heterocycles. The van der Waals surface area contributed by atoms with Crippen LogP contribution in [0.15, 0.2) is 22.0 Å². The Morgan fingerprint density at radius 2 is 2.17 bits per heavy atom. The van der Waals surface area contributed by atoms with Crippen LogP contribution in [0.25, 0.3) is 10.1 Å². The van der Waals surface area contributed by atoms with Crippen molar-refractivity contribution in [3.63, 3.8) is 0 Å². The van der Waals surface area contributed by atoms with Crippen molar-refractivity contribution in [1.82, 2.24) is 0 Å². The Morgan fingerprint density at radius 1 is 1.42 bits per heavy atom. The number of hydrogen-bond acceptors (Lipinski definition) is 1. The summed E-state index contributed by atoms with van der Waals surface area (Å²) in [5, 5.41) is 3.56. The molecule has 0 N–H and O–H groups in total. The normalized spacial score (nSPS) is 10.9. The summed E-state index contributed by atoms with van der Waals surface area (Å²) < 4.78 is 3.94. The molecule has 0 saturated heterocycles. The molecule has 0 atom stereocenters. The van der Waals surface area contributed by atoms with E-state index in [1.807, 2.05) is 11.3 Å². The van der Waals surface area contributed by atoms with Crippen LogP contribution in [0.5, 0.6) is 0 Å². The summed E-state index contributed by atoms with van der Waals surface area (Å²) in [6.07, 6.45) is 0. The molecule has 0 radical (unpaired) electrons. The van der Waals surface area contributed by atoms with E-state index in [9.17, 15) is 0 Å². The summed E-state index contributed by atoms with van der Waals surface area (Å²) in [6, 6.07) is 4.27. The highest BCUT2D eigenvalue weighted by molar-refractivity contribution is 14.1. The first kappa shape index (κ1) is 8.97. The molecule has 0 aliphatic heterocycles. The Balaban J connectivity index is 2.98.